The summed E-state index contributed by atoms with van der Waals surface area (Å²) in [5.41, 5.74) is 3.28. The van der Waals surface area contributed by atoms with E-state index in [0.29, 0.717) is 22.6 Å². The Morgan fingerprint density at radius 2 is 1.74 bits per heavy atom. The van der Waals surface area contributed by atoms with Gasteiger partial charge in [0.25, 0.3) is 0 Å². The number of methoxy groups -OCH3 is 1. The highest BCUT2D eigenvalue weighted by Gasteiger charge is 2.47. The molecule has 0 saturated heterocycles. The number of phenols is 1. The number of phenolic OH excluding ortho intramolecular Hbond substituents is 1. The van der Waals surface area contributed by atoms with Gasteiger partial charge in [0.05, 0.1) is 21.3 Å². The Balaban J connectivity index is 1.90. The van der Waals surface area contributed by atoms with E-state index in [1.807, 2.05) is 6.92 Å². The van der Waals surface area contributed by atoms with Crippen LogP contribution in [0.4, 0.5) is 0 Å². The van der Waals surface area contributed by atoms with Crippen molar-refractivity contribution in [3.63, 3.8) is 0 Å². The van der Waals surface area contributed by atoms with E-state index in [0.717, 1.165) is 32.3 Å². The number of allylic oxidation sites excluding steroid dienone is 1. The van der Waals surface area contributed by atoms with Crippen LogP contribution in [0, 0.1) is 34.2 Å². The van der Waals surface area contributed by atoms with E-state index in [1.165, 1.54) is 37.7 Å². The molecule has 1 aromatic rings. The van der Waals surface area contributed by atoms with E-state index >= 15 is 0 Å². The third-order valence-electron chi connectivity index (χ3n) is 6.07. The minimum Gasteiger partial charge on any atom is -0.507 e. The summed E-state index contributed by atoms with van der Waals surface area (Å²) in [7, 11) is 1.75. The molecule has 0 unspecified atom stereocenters. The fraction of sp³-hybridized carbons (Fsp3) is 0.579. The van der Waals surface area contributed by atoms with Gasteiger partial charge in [-0.2, -0.15) is 0 Å². The second-order valence-electron chi connectivity index (χ2n) is 7.51. The van der Waals surface area contributed by atoms with Crippen LogP contribution in [0.15, 0.2) is 11.6 Å². The number of hydrogen-bond acceptors (Lipinski definition) is 2. The molecule has 0 atom stereocenters. The smallest absolute Gasteiger partial charge is 0.130 e. The van der Waals surface area contributed by atoms with Gasteiger partial charge in [0.15, 0.2) is 0 Å². The third-order valence-corrected chi connectivity index (χ3v) is 7.65. The summed E-state index contributed by atoms with van der Waals surface area (Å²) in [4.78, 5) is 0. The van der Waals surface area contributed by atoms with Crippen LogP contribution in [0.1, 0.15) is 43.2 Å². The summed E-state index contributed by atoms with van der Waals surface area (Å²) in [6.45, 7) is 1.94. The molecule has 1 aromatic carbocycles. The second-order valence-corrected chi connectivity index (χ2v) is 8.97. The second kappa shape index (κ2) is 5.83. The third kappa shape index (κ3) is 2.50. The van der Waals surface area contributed by atoms with Crippen molar-refractivity contribution in [3.8, 4) is 5.75 Å². The van der Waals surface area contributed by atoms with Gasteiger partial charge < -0.3 is 9.84 Å². The highest BCUT2D eigenvalue weighted by Crippen LogP contribution is 2.58. The van der Waals surface area contributed by atoms with Crippen molar-refractivity contribution in [2.75, 3.05) is 7.11 Å². The maximum Gasteiger partial charge on any atom is 0.130 e. The van der Waals surface area contributed by atoms with Crippen LogP contribution in [-0.2, 0) is 4.74 Å². The molecule has 0 heterocycles. The molecule has 0 radical (unpaired) electrons. The summed E-state index contributed by atoms with van der Waals surface area (Å²) in [6.07, 6.45) is 6.66. The predicted octanol–water partition coefficient (Wildman–Crippen LogP) is 5.77. The number of aryl methyl sites for hydroxylation is 1. The molecule has 4 aliphatic carbocycles. The molecule has 2 nitrogen and oxygen atoms in total. The van der Waals surface area contributed by atoms with E-state index in [9.17, 15) is 5.11 Å². The summed E-state index contributed by atoms with van der Waals surface area (Å²) in [5.74, 6) is 4.36. The predicted molar refractivity (Wildman–Crippen MR) is 102 cm³/mol. The molecule has 4 saturated carbocycles. The molecule has 4 heteroatoms. The van der Waals surface area contributed by atoms with Gasteiger partial charge in [-0.25, -0.2) is 0 Å². The molecule has 4 bridgehead atoms. The lowest BCUT2D eigenvalue weighted by Crippen LogP contribution is -2.41. The van der Waals surface area contributed by atoms with E-state index in [-0.39, 0.29) is 0 Å². The van der Waals surface area contributed by atoms with Gasteiger partial charge in [0, 0.05) is 0 Å². The van der Waals surface area contributed by atoms with Crippen molar-refractivity contribution in [2.45, 2.75) is 39.0 Å². The number of hydrogen-bond donors (Lipinski definition) is 1. The lowest BCUT2D eigenvalue weighted by atomic mass is 9.54. The van der Waals surface area contributed by atoms with Crippen LogP contribution in [0.5, 0.6) is 5.75 Å². The van der Waals surface area contributed by atoms with Gasteiger partial charge in [0.1, 0.15) is 11.5 Å². The zero-order valence-electron chi connectivity index (χ0n) is 13.5. The molecule has 0 aliphatic heterocycles. The topological polar surface area (TPSA) is 29.5 Å². The summed E-state index contributed by atoms with van der Waals surface area (Å²) < 4.78 is 6.72. The normalized spacial score (nSPS) is 31.6. The number of aromatic hydroxyl groups is 1. The van der Waals surface area contributed by atoms with Gasteiger partial charge in [-0.05, 0) is 102 Å². The quantitative estimate of drug-likeness (QED) is 0.463. The highest BCUT2D eigenvalue weighted by atomic mass is 127. The zero-order chi connectivity index (χ0) is 16.3. The summed E-state index contributed by atoms with van der Waals surface area (Å²) in [5, 5.41) is 11.0. The number of benzene rings is 1. The van der Waals surface area contributed by atoms with Gasteiger partial charge in [-0.15, -0.1) is 0 Å². The van der Waals surface area contributed by atoms with Gasteiger partial charge in [-0.1, -0.05) is 11.6 Å². The maximum absolute atomic E-state index is 10.3. The Bertz CT molecular complexity index is 639. The summed E-state index contributed by atoms with van der Waals surface area (Å²) >= 11 is 8.82. The average Bonchev–Trinajstić information content (AvgIpc) is 2.50. The van der Waals surface area contributed by atoms with Crippen LogP contribution in [-0.4, -0.2) is 12.2 Å². The first-order chi connectivity index (χ1) is 11.0. The maximum atomic E-state index is 10.3. The Morgan fingerprint density at radius 3 is 2.26 bits per heavy atom. The lowest BCUT2D eigenvalue weighted by molar-refractivity contribution is 0.0675. The first-order valence-corrected chi connectivity index (χ1v) is 9.91. The molecule has 5 rings (SSSR count). The first-order valence-electron chi connectivity index (χ1n) is 8.45. The van der Waals surface area contributed by atoms with Crippen LogP contribution in [0.2, 0.25) is 5.02 Å². The molecule has 124 valence electrons. The monoisotopic (exact) mass is 444 g/mol. The zero-order valence-corrected chi connectivity index (χ0v) is 16.4. The standard InChI is InChI=1S/C19H22ClIO2/c1-9-3-14(22)18(21)16(17(9)20)19(23-2)15-12-5-10-4-11(7-12)8-13(15)6-10/h3,10-13,22H,4-8H2,1-2H3. The van der Waals surface area contributed by atoms with E-state index in [4.69, 9.17) is 16.3 Å². The molecule has 0 spiro atoms. The van der Waals surface area contributed by atoms with Crippen LogP contribution in [0.3, 0.4) is 0 Å². The Kier molecular flexibility index (Phi) is 4.08. The number of rotatable bonds is 2. The SMILES string of the molecule is COC(=C1C2CC3CC(C2)CC1C3)c1c(Cl)c(C)cc(O)c1I. The fourth-order valence-corrected chi connectivity index (χ4v) is 6.44. The van der Waals surface area contributed by atoms with Crippen molar-refractivity contribution < 1.29 is 9.84 Å². The first kappa shape index (κ1) is 16.1. The molecule has 4 aliphatic rings. The van der Waals surface area contributed by atoms with Gasteiger partial charge in [-0.3, -0.25) is 0 Å². The minimum atomic E-state index is 0.293. The van der Waals surface area contributed by atoms with Crippen LogP contribution in [0.25, 0.3) is 5.76 Å². The van der Waals surface area contributed by atoms with E-state index in [2.05, 4.69) is 22.6 Å². The van der Waals surface area contributed by atoms with Crippen LogP contribution < -0.4 is 0 Å². The summed E-state index contributed by atoms with van der Waals surface area (Å²) in [6, 6.07) is 1.74. The van der Waals surface area contributed by atoms with E-state index in [1.54, 1.807) is 13.2 Å². The lowest BCUT2D eigenvalue weighted by Gasteiger charge is -2.51. The number of ether oxygens (including phenoxy) is 1. The van der Waals surface area contributed by atoms with Crippen molar-refractivity contribution in [3.05, 3.63) is 31.4 Å². The van der Waals surface area contributed by atoms with Crippen LogP contribution >= 0.6 is 34.2 Å². The molecule has 0 amide bonds. The molecule has 0 aromatic heterocycles. The Labute approximate surface area is 156 Å². The molecule has 4 fully saturated rings. The fourth-order valence-electron chi connectivity index (χ4n) is 5.38. The average molecular weight is 445 g/mol. The van der Waals surface area contributed by atoms with Gasteiger partial charge >= 0.3 is 0 Å². The largest absolute Gasteiger partial charge is 0.507 e. The van der Waals surface area contributed by atoms with Gasteiger partial charge in [0.2, 0.25) is 0 Å². The van der Waals surface area contributed by atoms with Crippen molar-refractivity contribution >= 4 is 40.0 Å². The molecule has 23 heavy (non-hydrogen) atoms. The molecular formula is C19H22ClIO2. The Hall–Kier alpha value is -0.420. The van der Waals surface area contributed by atoms with E-state index < -0.39 is 0 Å². The Morgan fingerprint density at radius 1 is 1.17 bits per heavy atom. The van der Waals surface area contributed by atoms with Crippen molar-refractivity contribution in [1.29, 1.82) is 0 Å². The number of halogens is 2. The van der Waals surface area contributed by atoms with Crippen molar-refractivity contribution in [2.24, 2.45) is 23.7 Å². The van der Waals surface area contributed by atoms with Crippen molar-refractivity contribution in [1.82, 2.24) is 0 Å². The molecule has 1 N–H and O–H groups in total. The molecular weight excluding hydrogens is 423 g/mol. The highest BCUT2D eigenvalue weighted by molar-refractivity contribution is 14.1. The minimum absolute atomic E-state index is 0.293.